The van der Waals surface area contributed by atoms with Crippen molar-refractivity contribution in [1.29, 1.82) is 0 Å². The molecular weight excluding hydrogens is 300 g/mol. The number of hydrogen-bond donors (Lipinski definition) is 2. The highest BCUT2D eigenvalue weighted by atomic mass is 16.5. The number of ether oxygens (including phenoxy) is 1. The van der Waals surface area contributed by atoms with Gasteiger partial charge >= 0.3 is 6.03 Å². The molecule has 3 rings (SSSR count). The Balaban J connectivity index is 1.51. The number of carbonyl (C=O) groups excluding carboxylic acids is 3. The number of nitrogens with one attached hydrogen (secondary N) is 2. The molecule has 0 aromatic heterocycles. The van der Waals surface area contributed by atoms with E-state index in [-0.39, 0.29) is 37.0 Å². The largest absolute Gasteiger partial charge is 0.380 e. The summed E-state index contributed by atoms with van der Waals surface area (Å²) in [7, 11) is 1.74. The third-order valence-electron chi connectivity index (χ3n) is 5.01. The number of nitrogens with zero attached hydrogens (tertiary/aromatic N) is 2. The third kappa shape index (κ3) is 3.64. The van der Waals surface area contributed by atoms with Crippen LogP contribution in [0.15, 0.2) is 0 Å². The SMILES string of the molecule is COC1CCN([C@H]2CCC[C@H]2NC(=O)CN2CC(=O)NC2=O)C1. The van der Waals surface area contributed by atoms with E-state index in [2.05, 4.69) is 15.5 Å². The summed E-state index contributed by atoms with van der Waals surface area (Å²) in [5.41, 5.74) is 0. The lowest BCUT2D eigenvalue weighted by molar-refractivity contribution is -0.122. The van der Waals surface area contributed by atoms with Gasteiger partial charge in [-0.3, -0.25) is 19.8 Å². The number of hydrogen-bond acceptors (Lipinski definition) is 5. The Labute approximate surface area is 135 Å². The maximum atomic E-state index is 12.2. The maximum absolute atomic E-state index is 12.2. The molecule has 0 aromatic rings. The number of urea groups is 1. The minimum absolute atomic E-state index is 0.0397. The van der Waals surface area contributed by atoms with E-state index in [0.717, 1.165) is 38.8 Å². The Bertz CT molecular complexity index is 498. The summed E-state index contributed by atoms with van der Waals surface area (Å²) in [6.07, 6.45) is 4.43. The van der Waals surface area contributed by atoms with E-state index in [1.165, 1.54) is 4.90 Å². The molecule has 4 amide bonds. The molecule has 2 heterocycles. The Morgan fingerprint density at radius 2 is 2.17 bits per heavy atom. The molecule has 0 aromatic carbocycles. The Hall–Kier alpha value is -1.67. The first kappa shape index (κ1) is 16.2. The molecule has 128 valence electrons. The van der Waals surface area contributed by atoms with Crippen molar-refractivity contribution in [3.63, 3.8) is 0 Å². The molecule has 3 aliphatic rings. The summed E-state index contributed by atoms with van der Waals surface area (Å²) < 4.78 is 5.42. The van der Waals surface area contributed by atoms with Gasteiger partial charge < -0.3 is 15.0 Å². The zero-order chi connectivity index (χ0) is 16.4. The topological polar surface area (TPSA) is 91.0 Å². The number of amides is 4. The van der Waals surface area contributed by atoms with Crippen LogP contribution >= 0.6 is 0 Å². The summed E-state index contributed by atoms with van der Waals surface area (Å²) in [6, 6.07) is -0.0387. The van der Waals surface area contributed by atoms with E-state index >= 15 is 0 Å². The van der Waals surface area contributed by atoms with Crippen LogP contribution in [0.25, 0.3) is 0 Å². The highest BCUT2D eigenvalue weighted by Crippen LogP contribution is 2.28. The molecule has 2 saturated heterocycles. The van der Waals surface area contributed by atoms with Gasteiger partial charge in [-0.15, -0.1) is 0 Å². The van der Waals surface area contributed by atoms with Crippen molar-refractivity contribution in [2.45, 2.75) is 43.9 Å². The number of imide groups is 1. The van der Waals surface area contributed by atoms with E-state index in [1.807, 2.05) is 0 Å². The van der Waals surface area contributed by atoms with Gasteiger partial charge in [0.05, 0.1) is 6.10 Å². The lowest BCUT2D eigenvalue weighted by atomic mass is 10.1. The fraction of sp³-hybridized carbons (Fsp3) is 0.800. The smallest absolute Gasteiger partial charge is 0.325 e. The van der Waals surface area contributed by atoms with E-state index in [4.69, 9.17) is 4.74 Å². The molecule has 1 aliphatic carbocycles. The van der Waals surface area contributed by atoms with Gasteiger partial charge in [0.15, 0.2) is 0 Å². The molecule has 3 atom stereocenters. The normalized spacial score (nSPS) is 31.7. The molecule has 1 saturated carbocycles. The zero-order valence-electron chi connectivity index (χ0n) is 13.4. The maximum Gasteiger partial charge on any atom is 0.325 e. The molecule has 0 bridgehead atoms. The Morgan fingerprint density at radius 1 is 1.35 bits per heavy atom. The molecule has 2 aliphatic heterocycles. The molecule has 0 spiro atoms. The monoisotopic (exact) mass is 324 g/mol. The quantitative estimate of drug-likeness (QED) is 0.653. The molecule has 0 radical (unpaired) electrons. The highest BCUT2D eigenvalue weighted by Gasteiger charge is 2.37. The van der Waals surface area contributed by atoms with Crippen molar-refractivity contribution >= 4 is 17.8 Å². The Morgan fingerprint density at radius 3 is 2.83 bits per heavy atom. The van der Waals surface area contributed by atoms with Gasteiger partial charge in [0, 0.05) is 32.3 Å². The molecule has 3 fully saturated rings. The van der Waals surface area contributed by atoms with Crippen molar-refractivity contribution in [3.05, 3.63) is 0 Å². The molecule has 8 nitrogen and oxygen atoms in total. The van der Waals surface area contributed by atoms with Crippen LogP contribution < -0.4 is 10.6 Å². The first-order valence-electron chi connectivity index (χ1n) is 8.22. The number of carbonyl (C=O) groups is 3. The Kier molecular flexibility index (Phi) is 4.82. The van der Waals surface area contributed by atoms with Gasteiger partial charge in [0.25, 0.3) is 0 Å². The minimum atomic E-state index is -0.490. The van der Waals surface area contributed by atoms with Gasteiger partial charge in [-0.1, -0.05) is 0 Å². The average molecular weight is 324 g/mol. The number of likely N-dealkylation sites (tertiary alicyclic amines) is 1. The minimum Gasteiger partial charge on any atom is -0.380 e. The zero-order valence-corrected chi connectivity index (χ0v) is 13.4. The van der Waals surface area contributed by atoms with Crippen LogP contribution in [0.4, 0.5) is 4.79 Å². The van der Waals surface area contributed by atoms with E-state index < -0.39 is 6.03 Å². The van der Waals surface area contributed by atoms with E-state index in [1.54, 1.807) is 7.11 Å². The van der Waals surface area contributed by atoms with E-state index in [9.17, 15) is 14.4 Å². The predicted octanol–water partition coefficient (Wildman–Crippen LogP) is -0.704. The number of rotatable bonds is 5. The van der Waals surface area contributed by atoms with Crippen LogP contribution in [0, 0.1) is 0 Å². The van der Waals surface area contributed by atoms with Crippen molar-refractivity contribution < 1.29 is 19.1 Å². The summed E-state index contributed by atoms with van der Waals surface area (Å²) in [4.78, 5) is 38.5. The first-order chi connectivity index (χ1) is 11.1. The molecule has 1 unspecified atom stereocenters. The second-order valence-electron chi connectivity index (χ2n) is 6.52. The standard InChI is InChI=1S/C15H24N4O4/c1-23-10-5-6-18(7-10)12-4-2-3-11(12)16-13(20)8-19-9-14(21)17-15(19)22/h10-12H,2-9H2,1H3,(H,16,20)(H,17,21,22)/t10?,11-,12+/m1/s1. The van der Waals surface area contributed by atoms with Crippen molar-refractivity contribution in [2.24, 2.45) is 0 Å². The molecule has 8 heteroatoms. The number of methoxy groups -OCH3 is 1. The first-order valence-corrected chi connectivity index (χ1v) is 8.22. The van der Waals surface area contributed by atoms with Gasteiger partial charge in [-0.25, -0.2) is 4.79 Å². The second kappa shape index (κ2) is 6.84. The van der Waals surface area contributed by atoms with E-state index in [0.29, 0.717) is 6.04 Å². The van der Waals surface area contributed by atoms with Crippen LogP contribution in [0.2, 0.25) is 0 Å². The van der Waals surface area contributed by atoms with Crippen molar-refractivity contribution in [2.75, 3.05) is 33.3 Å². The van der Waals surface area contributed by atoms with Gasteiger partial charge in [-0.05, 0) is 25.7 Å². The summed E-state index contributed by atoms with van der Waals surface area (Å²) in [5.74, 6) is -0.557. The van der Waals surface area contributed by atoms with Gasteiger partial charge in [-0.2, -0.15) is 0 Å². The highest BCUT2D eigenvalue weighted by molar-refractivity contribution is 6.03. The van der Waals surface area contributed by atoms with Crippen molar-refractivity contribution in [3.8, 4) is 0 Å². The molecular formula is C15H24N4O4. The predicted molar refractivity (Wildman–Crippen MR) is 81.7 cm³/mol. The van der Waals surface area contributed by atoms with Crippen LogP contribution in [0.3, 0.4) is 0 Å². The summed E-state index contributed by atoms with van der Waals surface area (Å²) in [5, 5.41) is 5.22. The fourth-order valence-electron chi connectivity index (χ4n) is 3.83. The van der Waals surface area contributed by atoms with Crippen LogP contribution in [-0.2, 0) is 14.3 Å². The van der Waals surface area contributed by atoms with Crippen LogP contribution in [-0.4, -0.2) is 79.1 Å². The summed E-state index contributed by atoms with van der Waals surface area (Å²) >= 11 is 0. The average Bonchev–Trinajstić information content (AvgIpc) is 3.20. The fourth-order valence-corrected chi connectivity index (χ4v) is 3.83. The molecule has 2 N–H and O–H groups in total. The third-order valence-corrected chi connectivity index (χ3v) is 5.01. The summed E-state index contributed by atoms with van der Waals surface area (Å²) in [6.45, 7) is 1.80. The van der Waals surface area contributed by atoms with Crippen LogP contribution in [0.5, 0.6) is 0 Å². The molecule has 23 heavy (non-hydrogen) atoms. The van der Waals surface area contributed by atoms with Crippen molar-refractivity contribution in [1.82, 2.24) is 20.4 Å². The van der Waals surface area contributed by atoms with Crippen LogP contribution in [0.1, 0.15) is 25.7 Å². The van der Waals surface area contributed by atoms with Gasteiger partial charge in [0.1, 0.15) is 13.1 Å². The second-order valence-corrected chi connectivity index (χ2v) is 6.52. The lowest BCUT2D eigenvalue weighted by Gasteiger charge is -2.30. The van der Waals surface area contributed by atoms with Gasteiger partial charge in [0.2, 0.25) is 11.8 Å². The lowest BCUT2D eigenvalue weighted by Crippen LogP contribution is -2.50.